The first-order valence-electron chi connectivity index (χ1n) is 19.5. The molecule has 0 unspecified atom stereocenters. The van der Waals surface area contributed by atoms with Crippen molar-refractivity contribution in [2.24, 2.45) is 0 Å². The lowest BCUT2D eigenvalue weighted by Crippen LogP contribution is -2.58. The van der Waals surface area contributed by atoms with Gasteiger partial charge in [-0.05, 0) is 84.7 Å². The van der Waals surface area contributed by atoms with Crippen LogP contribution in [0.4, 0.5) is 0 Å². The zero-order chi connectivity index (χ0) is 37.7. The highest BCUT2D eigenvalue weighted by atomic mass is 32.2. The third kappa shape index (κ3) is 4.57. The van der Waals surface area contributed by atoms with Gasteiger partial charge in [0, 0.05) is 25.0 Å². The lowest BCUT2D eigenvalue weighted by Gasteiger charge is -2.35. The van der Waals surface area contributed by atoms with Crippen LogP contribution in [0.5, 0.6) is 0 Å². The minimum absolute atomic E-state index is 0.113. The average Bonchev–Trinajstić information content (AvgIpc) is 3.21. The number of hydrogen-bond donors (Lipinski definition) is 0. The van der Waals surface area contributed by atoms with Gasteiger partial charge in [0.1, 0.15) is 0 Å². The highest BCUT2D eigenvalue weighted by Gasteiger charge is 2.39. The van der Waals surface area contributed by atoms with Crippen LogP contribution in [0.1, 0.15) is 31.8 Å². The fraction of sp³-hybridized carbons (Fsp3) is 0.0638. The molecule has 0 nitrogen and oxygen atoms in total. The first-order valence-corrected chi connectivity index (χ1v) is 18.6. The van der Waals surface area contributed by atoms with Gasteiger partial charge in [0.15, 0.2) is 0 Å². The SMILES string of the molecule is [2H]c1c([2H])c([2H])c(-c2c3ccccc3c(-c3cc4c5c(c3)Sc3cc(C(C)(C)c6ccccc6)ccc3B5c3ccccc3S4)c3ccccc23)c([2H])c1[2H]. The van der Waals surface area contributed by atoms with Crippen LogP contribution in [0.25, 0.3) is 43.8 Å². The van der Waals surface area contributed by atoms with Gasteiger partial charge in [-0.2, -0.15) is 0 Å². The summed E-state index contributed by atoms with van der Waals surface area (Å²) in [6.45, 7) is 4.72. The average molecular weight is 678 g/mol. The minimum Gasteiger partial charge on any atom is -0.0911 e. The second-order valence-electron chi connectivity index (χ2n) is 13.6. The number of rotatable bonds is 4. The molecule has 8 aromatic rings. The van der Waals surface area contributed by atoms with Gasteiger partial charge in [-0.25, -0.2) is 0 Å². The van der Waals surface area contributed by atoms with Gasteiger partial charge in [-0.3, -0.25) is 0 Å². The Morgan fingerprint density at radius 2 is 1.02 bits per heavy atom. The molecule has 0 aromatic heterocycles. The standard InChI is InChI=1S/C47H33BS2/c1-47(2,32-17-7-4-8-18-32)33-25-26-39-41(29-33)50-43-28-31(27-42-46(43)48(39)38-23-13-14-24-40(38)49-42)45-36-21-11-9-19-34(36)44(30-15-5-3-6-16-30)35-20-10-12-22-37(35)45/h3-29H,1-2H3/i3D,5D,6D,15D,16D. The quantitative estimate of drug-likeness (QED) is 0.134. The molecule has 2 aliphatic rings. The van der Waals surface area contributed by atoms with Gasteiger partial charge in [-0.1, -0.05) is 188 Å². The Morgan fingerprint density at radius 1 is 0.480 bits per heavy atom. The number of fused-ring (bicyclic) bond motifs is 6. The molecule has 0 radical (unpaired) electrons. The summed E-state index contributed by atoms with van der Waals surface area (Å²) in [5.41, 5.74) is 9.46. The van der Waals surface area contributed by atoms with E-state index in [4.69, 9.17) is 6.85 Å². The molecule has 0 saturated heterocycles. The van der Waals surface area contributed by atoms with Crippen molar-refractivity contribution < 1.29 is 6.85 Å². The minimum atomic E-state index is -0.390. The van der Waals surface area contributed by atoms with Crippen LogP contribution in [0, 0.1) is 0 Å². The Kier molecular flexibility index (Phi) is 5.79. The summed E-state index contributed by atoms with van der Waals surface area (Å²) < 4.78 is 43.2. The van der Waals surface area contributed by atoms with Gasteiger partial charge in [0.05, 0.1) is 6.85 Å². The molecule has 3 heteroatoms. The fourth-order valence-electron chi connectivity index (χ4n) is 8.08. The fourth-order valence-corrected chi connectivity index (χ4v) is 10.6. The normalized spacial score (nSPS) is 14.6. The predicted octanol–water partition coefficient (Wildman–Crippen LogP) is 11.1. The van der Waals surface area contributed by atoms with Crippen molar-refractivity contribution in [3.63, 3.8) is 0 Å². The van der Waals surface area contributed by atoms with E-state index in [-0.39, 0.29) is 47.9 Å². The van der Waals surface area contributed by atoms with E-state index in [0.717, 1.165) is 32.7 Å². The second kappa shape index (κ2) is 11.6. The van der Waals surface area contributed by atoms with Crippen molar-refractivity contribution in [1.29, 1.82) is 0 Å². The van der Waals surface area contributed by atoms with Gasteiger partial charge >= 0.3 is 0 Å². The second-order valence-corrected chi connectivity index (χ2v) is 15.8. The third-order valence-electron chi connectivity index (χ3n) is 10.6. The molecule has 2 heterocycles. The van der Waals surface area contributed by atoms with Crippen LogP contribution in [0.2, 0.25) is 0 Å². The van der Waals surface area contributed by atoms with Gasteiger partial charge in [0.25, 0.3) is 0 Å². The molecule has 0 spiro atoms. The highest BCUT2D eigenvalue weighted by Crippen LogP contribution is 2.47. The van der Waals surface area contributed by atoms with Crippen molar-refractivity contribution >= 4 is 68.2 Å². The molecule has 236 valence electrons. The van der Waals surface area contributed by atoms with E-state index in [0.29, 0.717) is 5.56 Å². The van der Waals surface area contributed by atoms with Crippen molar-refractivity contribution in [1.82, 2.24) is 0 Å². The maximum absolute atomic E-state index is 8.97. The lowest BCUT2D eigenvalue weighted by atomic mass is 9.36. The molecular formula is C47H33BS2. The summed E-state index contributed by atoms with van der Waals surface area (Å²) in [5, 5.41) is 3.65. The summed E-state index contributed by atoms with van der Waals surface area (Å²) in [4.78, 5) is 5.02. The van der Waals surface area contributed by atoms with Gasteiger partial charge in [-0.15, -0.1) is 0 Å². The third-order valence-corrected chi connectivity index (χ3v) is 12.9. The van der Waals surface area contributed by atoms with Crippen LogP contribution in [-0.2, 0) is 5.41 Å². The summed E-state index contributed by atoms with van der Waals surface area (Å²) in [5.74, 6) is 0. The summed E-state index contributed by atoms with van der Waals surface area (Å²) >= 11 is 3.69. The molecule has 0 N–H and O–H groups in total. The topological polar surface area (TPSA) is 0 Å². The van der Waals surface area contributed by atoms with Crippen LogP contribution in [0.3, 0.4) is 0 Å². The monoisotopic (exact) mass is 677 g/mol. The Morgan fingerprint density at radius 3 is 1.68 bits per heavy atom. The van der Waals surface area contributed by atoms with E-state index < -0.39 is 0 Å². The first kappa shape index (κ1) is 25.1. The predicted molar refractivity (Wildman–Crippen MR) is 217 cm³/mol. The first-order chi connectivity index (χ1) is 26.6. The lowest BCUT2D eigenvalue weighted by molar-refractivity contribution is 0.639. The highest BCUT2D eigenvalue weighted by molar-refractivity contribution is 8.01. The Labute approximate surface area is 309 Å². The van der Waals surface area contributed by atoms with Crippen molar-refractivity contribution in [2.75, 3.05) is 0 Å². The number of hydrogen-bond acceptors (Lipinski definition) is 2. The van der Waals surface area contributed by atoms with Gasteiger partial charge in [0.2, 0.25) is 6.71 Å². The Hall–Kier alpha value is -4.96. The van der Waals surface area contributed by atoms with E-state index in [9.17, 15) is 0 Å². The van der Waals surface area contributed by atoms with E-state index in [1.54, 1.807) is 0 Å². The van der Waals surface area contributed by atoms with Crippen molar-refractivity contribution in [3.8, 4) is 22.3 Å². The maximum atomic E-state index is 8.97. The van der Waals surface area contributed by atoms with E-state index in [1.165, 1.54) is 47.1 Å². The van der Waals surface area contributed by atoms with Crippen LogP contribution >= 0.6 is 23.5 Å². The van der Waals surface area contributed by atoms with Gasteiger partial charge < -0.3 is 0 Å². The summed E-state index contributed by atoms with van der Waals surface area (Å²) in [6, 6.07) is 46.1. The van der Waals surface area contributed by atoms with E-state index >= 15 is 0 Å². The molecule has 2 aliphatic heterocycles. The van der Waals surface area contributed by atoms with Crippen LogP contribution in [0.15, 0.2) is 183 Å². The van der Waals surface area contributed by atoms with Crippen molar-refractivity contribution in [3.05, 3.63) is 175 Å². The molecule has 0 saturated carbocycles. The molecule has 0 aliphatic carbocycles. The molecule has 0 fully saturated rings. The summed E-state index contributed by atoms with van der Waals surface area (Å²) in [6.07, 6.45) is 0. The van der Waals surface area contributed by atoms with E-state index in [2.05, 4.69) is 111 Å². The van der Waals surface area contributed by atoms with Crippen molar-refractivity contribution in [2.45, 2.75) is 38.8 Å². The Balaban J connectivity index is 1.23. The number of benzene rings is 8. The molecule has 0 amide bonds. The van der Waals surface area contributed by atoms with E-state index in [1.807, 2.05) is 59.9 Å². The van der Waals surface area contributed by atoms with Crippen LogP contribution < -0.4 is 16.4 Å². The largest absolute Gasteiger partial charge is 0.247 e. The maximum Gasteiger partial charge on any atom is 0.247 e. The molecule has 0 bridgehead atoms. The molecular weight excluding hydrogens is 639 g/mol. The molecule has 50 heavy (non-hydrogen) atoms. The molecule has 0 atom stereocenters. The molecule has 10 rings (SSSR count). The zero-order valence-electron chi connectivity index (χ0n) is 32.6. The molecule has 8 aromatic carbocycles. The zero-order valence-corrected chi connectivity index (χ0v) is 29.2. The summed E-state index contributed by atoms with van der Waals surface area (Å²) in [7, 11) is 0. The Bertz CT molecular complexity index is 2840. The van der Waals surface area contributed by atoms with Crippen LogP contribution in [-0.4, -0.2) is 6.71 Å². The smallest absolute Gasteiger partial charge is 0.0911 e.